The van der Waals surface area contributed by atoms with Crippen LogP contribution in [0.2, 0.25) is 0 Å². The Morgan fingerprint density at radius 2 is 2.18 bits per heavy atom. The summed E-state index contributed by atoms with van der Waals surface area (Å²) in [5.41, 5.74) is 9.37. The SMILES string of the molecule is CSCCCCn1c(N)nc2ccc(C)cc21. The lowest BCUT2D eigenvalue weighted by atomic mass is 10.2. The van der Waals surface area contributed by atoms with Crippen LogP contribution in [-0.2, 0) is 6.54 Å². The second kappa shape index (κ2) is 5.45. The molecular formula is C13H19N3S. The number of imidazole rings is 1. The van der Waals surface area contributed by atoms with Gasteiger partial charge in [-0.1, -0.05) is 6.07 Å². The largest absolute Gasteiger partial charge is 0.369 e. The molecule has 1 aromatic heterocycles. The van der Waals surface area contributed by atoms with Crippen LogP contribution in [0.1, 0.15) is 18.4 Å². The van der Waals surface area contributed by atoms with E-state index in [0.717, 1.165) is 24.0 Å². The molecule has 1 heterocycles. The highest BCUT2D eigenvalue weighted by Crippen LogP contribution is 2.20. The first-order valence-electron chi connectivity index (χ1n) is 5.93. The molecule has 0 atom stereocenters. The van der Waals surface area contributed by atoms with Crippen LogP contribution in [0.3, 0.4) is 0 Å². The molecule has 0 aliphatic heterocycles. The van der Waals surface area contributed by atoms with E-state index in [1.54, 1.807) is 0 Å². The van der Waals surface area contributed by atoms with Gasteiger partial charge in [-0.2, -0.15) is 11.8 Å². The minimum absolute atomic E-state index is 0.634. The van der Waals surface area contributed by atoms with Crippen LogP contribution >= 0.6 is 11.8 Å². The molecule has 0 unspecified atom stereocenters. The maximum Gasteiger partial charge on any atom is 0.201 e. The highest BCUT2D eigenvalue weighted by Gasteiger charge is 2.07. The average Bonchev–Trinajstić information content (AvgIpc) is 2.61. The number of hydrogen-bond donors (Lipinski definition) is 1. The number of aryl methyl sites for hydroxylation is 2. The lowest BCUT2D eigenvalue weighted by Crippen LogP contribution is -2.03. The van der Waals surface area contributed by atoms with Gasteiger partial charge in [0.1, 0.15) is 0 Å². The molecule has 4 heteroatoms. The Morgan fingerprint density at radius 1 is 1.35 bits per heavy atom. The molecule has 0 fully saturated rings. The number of nitrogens with zero attached hydrogens (tertiary/aromatic N) is 2. The highest BCUT2D eigenvalue weighted by molar-refractivity contribution is 7.98. The fourth-order valence-electron chi connectivity index (χ4n) is 2.00. The minimum atomic E-state index is 0.634. The molecule has 1 aromatic carbocycles. The molecule has 92 valence electrons. The Labute approximate surface area is 106 Å². The van der Waals surface area contributed by atoms with E-state index in [1.807, 2.05) is 17.8 Å². The van der Waals surface area contributed by atoms with Gasteiger partial charge in [0.15, 0.2) is 0 Å². The lowest BCUT2D eigenvalue weighted by molar-refractivity contribution is 0.656. The molecule has 0 bridgehead atoms. The highest BCUT2D eigenvalue weighted by atomic mass is 32.2. The molecule has 0 aliphatic carbocycles. The first-order chi connectivity index (χ1) is 8.22. The summed E-state index contributed by atoms with van der Waals surface area (Å²) in [6, 6.07) is 6.28. The Kier molecular flexibility index (Phi) is 3.94. The second-order valence-electron chi connectivity index (χ2n) is 4.31. The van der Waals surface area contributed by atoms with E-state index >= 15 is 0 Å². The number of fused-ring (bicyclic) bond motifs is 1. The molecule has 2 aromatic rings. The predicted molar refractivity (Wildman–Crippen MR) is 76.5 cm³/mol. The number of aromatic nitrogens is 2. The smallest absolute Gasteiger partial charge is 0.201 e. The third kappa shape index (κ3) is 2.75. The van der Waals surface area contributed by atoms with Gasteiger partial charge in [0.25, 0.3) is 0 Å². The van der Waals surface area contributed by atoms with Gasteiger partial charge in [-0.05, 0) is 49.5 Å². The summed E-state index contributed by atoms with van der Waals surface area (Å²) >= 11 is 1.89. The number of unbranched alkanes of at least 4 members (excludes halogenated alkanes) is 1. The standard InChI is InChI=1S/C13H19N3S/c1-10-5-6-11-12(9-10)16(13(14)15-11)7-3-4-8-17-2/h5-6,9H,3-4,7-8H2,1-2H3,(H2,14,15). The molecule has 2 rings (SSSR count). The third-order valence-corrected chi connectivity index (χ3v) is 3.61. The summed E-state index contributed by atoms with van der Waals surface area (Å²) in [7, 11) is 0. The van der Waals surface area contributed by atoms with Crippen molar-refractivity contribution in [1.82, 2.24) is 9.55 Å². The van der Waals surface area contributed by atoms with Crippen LogP contribution in [0.4, 0.5) is 5.95 Å². The van der Waals surface area contributed by atoms with Crippen LogP contribution in [0.5, 0.6) is 0 Å². The summed E-state index contributed by atoms with van der Waals surface area (Å²) in [6.07, 6.45) is 4.53. The van der Waals surface area contributed by atoms with Crippen molar-refractivity contribution in [2.45, 2.75) is 26.3 Å². The van der Waals surface area contributed by atoms with Crippen molar-refractivity contribution in [3.8, 4) is 0 Å². The Morgan fingerprint density at radius 3 is 2.94 bits per heavy atom. The summed E-state index contributed by atoms with van der Waals surface area (Å²) in [5.74, 6) is 1.85. The molecule has 0 spiro atoms. The van der Waals surface area contributed by atoms with Crippen molar-refractivity contribution in [1.29, 1.82) is 0 Å². The Balaban J connectivity index is 2.20. The summed E-state index contributed by atoms with van der Waals surface area (Å²) in [4.78, 5) is 4.39. The lowest BCUT2D eigenvalue weighted by Gasteiger charge is -2.06. The van der Waals surface area contributed by atoms with Gasteiger partial charge in [-0.3, -0.25) is 0 Å². The van der Waals surface area contributed by atoms with Crippen molar-refractivity contribution in [3.05, 3.63) is 23.8 Å². The van der Waals surface area contributed by atoms with E-state index < -0.39 is 0 Å². The number of nitrogens with two attached hydrogens (primary N) is 1. The monoisotopic (exact) mass is 249 g/mol. The van der Waals surface area contributed by atoms with Crippen molar-refractivity contribution in [3.63, 3.8) is 0 Å². The number of hydrogen-bond acceptors (Lipinski definition) is 3. The average molecular weight is 249 g/mol. The fourth-order valence-corrected chi connectivity index (χ4v) is 2.50. The van der Waals surface area contributed by atoms with E-state index in [4.69, 9.17) is 5.73 Å². The van der Waals surface area contributed by atoms with Gasteiger partial charge in [0, 0.05) is 6.54 Å². The van der Waals surface area contributed by atoms with Crippen LogP contribution in [0.25, 0.3) is 11.0 Å². The molecule has 17 heavy (non-hydrogen) atoms. The molecule has 0 saturated carbocycles. The molecule has 0 saturated heterocycles. The van der Waals surface area contributed by atoms with E-state index in [-0.39, 0.29) is 0 Å². The van der Waals surface area contributed by atoms with Crippen molar-refractivity contribution in [2.75, 3.05) is 17.7 Å². The predicted octanol–water partition coefficient (Wildman–Crippen LogP) is 3.07. The zero-order valence-corrected chi connectivity index (χ0v) is 11.3. The topological polar surface area (TPSA) is 43.8 Å². The van der Waals surface area contributed by atoms with Crippen molar-refractivity contribution in [2.24, 2.45) is 0 Å². The van der Waals surface area contributed by atoms with E-state index in [1.165, 1.54) is 17.7 Å². The van der Waals surface area contributed by atoms with Gasteiger partial charge in [0.05, 0.1) is 11.0 Å². The number of anilines is 1. The normalized spacial score (nSPS) is 11.2. The van der Waals surface area contributed by atoms with Gasteiger partial charge in [-0.15, -0.1) is 0 Å². The van der Waals surface area contributed by atoms with Gasteiger partial charge >= 0.3 is 0 Å². The zero-order chi connectivity index (χ0) is 12.3. The zero-order valence-electron chi connectivity index (χ0n) is 10.4. The fraction of sp³-hybridized carbons (Fsp3) is 0.462. The quantitative estimate of drug-likeness (QED) is 0.828. The maximum atomic E-state index is 5.96. The Hall–Kier alpha value is -1.16. The van der Waals surface area contributed by atoms with E-state index in [9.17, 15) is 0 Å². The minimum Gasteiger partial charge on any atom is -0.369 e. The third-order valence-electron chi connectivity index (χ3n) is 2.91. The van der Waals surface area contributed by atoms with Crippen molar-refractivity contribution >= 4 is 28.7 Å². The summed E-state index contributed by atoms with van der Waals surface area (Å²) in [5, 5.41) is 0. The van der Waals surface area contributed by atoms with Crippen LogP contribution < -0.4 is 5.73 Å². The first-order valence-corrected chi connectivity index (χ1v) is 7.33. The van der Waals surface area contributed by atoms with Crippen LogP contribution in [-0.4, -0.2) is 21.6 Å². The molecule has 3 nitrogen and oxygen atoms in total. The molecule has 0 radical (unpaired) electrons. The first kappa shape index (κ1) is 12.3. The Bertz CT molecular complexity index is 505. The van der Waals surface area contributed by atoms with Gasteiger partial charge in [0.2, 0.25) is 5.95 Å². The maximum absolute atomic E-state index is 5.96. The van der Waals surface area contributed by atoms with Crippen LogP contribution in [0.15, 0.2) is 18.2 Å². The number of rotatable bonds is 5. The second-order valence-corrected chi connectivity index (χ2v) is 5.30. The summed E-state index contributed by atoms with van der Waals surface area (Å²) < 4.78 is 2.13. The van der Waals surface area contributed by atoms with Gasteiger partial charge in [-0.25, -0.2) is 4.98 Å². The van der Waals surface area contributed by atoms with Crippen molar-refractivity contribution < 1.29 is 0 Å². The summed E-state index contributed by atoms with van der Waals surface area (Å²) in [6.45, 7) is 3.06. The molecule has 0 aliphatic rings. The number of thioether (sulfide) groups is 1. The molecule has 0 amide bonds. The van der Waals surface area contributed by atoms with Gasteiger partial charge < -0.3 is 10.3 Å². The molecular weight excluding hydrogens is 230 g/mol. The van der Waals surface area contributed by atoms with Crippen LogP contribution in [0, 0.1) is 6.92 Å². The molecule has 2 N–H and O–H groups in total. The van der Waals surface area contributed by atoms with E-state index in [2.05, 4.69) is 34.9 Å². The van der Waals surface area contributed by atoms with E-state index in [0.29, 0.717) is 5.95 Å². The number of benzene rings is 1. The number of nitrogen functional groups attached to an aromatic ring is 1.